The van der Waals surface area contributed by atoms with E-state index in [1.807, 2.05) is 24.3 Å². The molecule has 1 aliphatic heterocycles. The molecule has 1 saturated heterocycles. The smallest absolute Gasteiger partial charge is 0.194 e. The number of nitrogens with one attached hydrogen (secondary N) is 1. The molecular formula is C19H23N5S. The first-order valence-electron chi connectivity index (χ1n) is 8.61. The Hall–Kier alpha value is -2.52. The van der Waals surface area contributed by atoms with Crippen molar-refractivity contribution in [2.45, 2.75) is 13.5 Å². The Morgan fingerprint density at radius 1 is 1.20 bits per heavy atom. The van der Waals surface area contributed by atoms with Gasteiger partial charge in [-0.2, -0.15) is 5.26 Å². The summed E-state index contributed by atoms with van der Waals surface area (Å²) in [6.07, 6.45) is 0. The number of hydrogen-bond donors (Lipinski definition) is 1. The normalized spacial score (nSPS) is 15.1. The van der Waals surface area contributed by atoms with E-state index in [0.717, 1.165) is 44.2 Å². The van der Waals surface area contributed by atoms with E-state index in [4.69, 9.17) is 10.3 Å². The Kier molecular flexibility index (Phi) is 5.91. The molecule has 1 aromatic heterocycles. The van der Waals surface area contributed by atoms with E-state index in [1.165, 1.54) is 5.00 Å². The number of guanidine groups is 1. The van der Waals surface area contributed by atoms with E-state index in [9.17, 15) is 0 Å². The number of thiophene rings is 1. The average Bonchev–Trinajstić information content (AvgIpc) is 3.20. The van der Waals surface area contributed by atoms with Crippen molar-refractivity contribution in [3.05, 3.63) is 52.9 Å². The molecule has 0 bridgehead atoms. The van der Waals surface area contributed by atoms with Crippen LogP contribution in [0.25, 0.3) is 0 Å². The lowest BCUT2D eigenvalue weighted by Crippen LogP contribution is -2.52. The van der Waals surface area contributed by atoms with Crippen LogP contribution in [0.5, 0.6) is 0 Å². The van der Waals surface area contributed by atoms with Crippen LogP contribution in [0.1, 0.15) is 18.1 Å². The molecule has 1 fully saturated rings. The minimum atomic E-state index is 0.624. The fraction of sp³-hybridized carbons (Fsp3) is 0.368. The molecule has 5 nitrogen and oxygen atoms in total. The summed E-state index contributed by atoms with van der Waals surface area (Å²) in [5.74, 6) is 0.970. The van der Waals surface area contributed by atoms with Gasteiger partial charge in [0.25, 0.3) is 0 Å². The summed E-state index contributed by atoms with van der Waals surface area (Å²) in [6, 6.07) is 14.1. The lowest BCUT2D eigenvalue weighted by molar-refractivity contribution is 0.373. The molecule has 25 heavy (non-hydrogen) atoms. The van der Waals surface area contributed by atoms with E-state index >= 15 is 0 Å². The van der Waals surface area contributed by atoms with Crippen molar-refractivity contribution in [3.8, 4) is 6.07 Å². The molecule has 1 aliphatic rings. The van der Waals surface area contributed by atoms with Crippen molar-refractivity contribution in [2.75, 3.05) is 37.6 Å². The van der Waals surface area contributed by atoms with E-state index in [1.54, 1.807) is 11.3 Å². The minimum Gasteiger partial charge on any atom is -0.360 e. The van der Waals surface area contributed by atoms with Gasteiger partial charge in [0.15, 0.2) is 5.96 Å². The Balaban J connectivity index is 1.61. The first-order chi connectivity index (χ1) is 12.3. The lowest BCUT2D eigenvalue weighted by atomic mass is 10.1. The summed E-state index contributed by atoms with van der Waals surface area (Å²) in [6.45, 7) is 7.55. The highest BCUT2D eigenvalue weighted by Gasteiger charge is 2.20. The van der Waals surface area contributed by atoms with Gasteiger partial charge in [0, 0.05) is 32.7 Å². The van der Waals surface area contributed by atoms with Crippen molar-refractivity contribution in [1.29, 1.82) is 5.26 Å². The molecular weight excluding hydrogens is 330 g/mol. The Bertz CT molecular complexity index is 722. The number of benzene rings is 1. The van der Waals surface area contributed by atoms with Gasteiger partial charge in [-0.25, -0.2) is 4.99 Å². The number of nitriles is 1. The maximum Gasteiger partial charge on any atom is 0.194 e. The molecule has 0 radical (unpaired) electrons. The first-order valence-corrected chi connectivity index (χ1v) is 9.49. The second-order valence-electron chi connectivity index (χ2n) is 5.90. The van der Waals surface area contributed by atoms with Crippen molar-refractivity contribution in [1.82, 2.24) is 10.2 Å². The molecule has 0 amide bonds. The summed E-state index contributed by atoms with van der Waals surface area (Å²) in [7, 11) is 0. The highest BCUT2D eigenvalue weighted by Crippen LogP contribution is 2.22. The molecule has 0 unspecified atom stereocenters. The SMILES string of the molecule is CCNC(=NCc1ccc(C#N)cc1)N1CCN(c2cccs2)CC1. The van der Waals surface area contributed by atoms with E-state index in [2.05, 4.69) is 45.6 Å². The highest BCUT2D eigenvalue weighted by molar-refractivity contribution is 7.14. The summed E-state index contributed by atoms with van der Waals surface area (Å²) >= 11 is 1.80. The number of hydrogen-bond acceptors (Lipinski definition) is 4. The van der Waals surface area contributed by atoms with Gasteiger partial charge >= 0.3 is 0 Å². The highest BCUT2D eigenvalue weighted by atomic mass is 32.1. The predicted octanol–water partition coefficient (Wildman–Crippen LogP) is 2.91. The van der Waals surface area contributed by atoms with Crippen molar-refractivity contribution in [2.24, 2.45) is 4.99 Å². The number of nitrogens with zero attached hydrogens (tertiary/aromatic N) is 4. The van der Waals surface area contributed by atoms with Gasteiger partial charge in [-0.05, 0) is 42.1 Å². The number of rotatable bonds is 4. The van der Waals surface area contributed by atoms with Gasteiger partial charge in [0.1, 0.15) is 0 Å². The van der Waals surface area contributed by atoms with Gasteiger partial charge in [-0.15, -0.1) is 11.3 Å². The van der Waals surface area contributed by atoms with Gasteiger partial charge in [-0.3, -0.25) is 0 Å². The van der Waals surface area contributed by atoms with Crippen molar-refractivity contribution in [3.63, 3.8) is 0 Å². The second-order valence-corrected chi connectivity index (χ2v) is 6.83. The third-order valence-corrected chi connectivity index (χ3v) is 5.16. The Labute approximate surface area is 153 Å². The quantitative estimate of drug-likeness (QED) is 0.678. The molecule has 0 atom stereocenters. The van der Waals surface area contributed by atoms with Crippen LogP contribution in [0.15, 0.2) is 46.8 Å². The zero-order valence-corrected chi connectivity index (χ0v) is 15.3. The number of anilines is 1. The average molecular weight is 353 g/mol. The van der Waals surface area contributed by atoms with Crippen LogP contribution in [-0.4, -0.2) is 43.6 Å². The van der Waals surface area contributed by atoms with Crippen LogP contribution in [0, 0.1) is 11.3 Å². The summed E-state index contributed by atoms with van der Waals surface area (Å²) in [5, 5.41) is 15.8. The van der Waals surface area contributed by atoms with Crippen LogP contribution in [-0.2, 0) is 6.54 Å². The minimum absolute atomic E-state index is 0.624. The lowest BCUT2D eigenvalue weighted by Gasteiger charge is -2.37. The monoisotopic (exact) mass is 353 g/mol. The van der Waals surface area contributed by atoms with Crippen LogP contribution in [0.4, 0.5) is 5.00 Å². The van der Waals surface area contributed by atoms with Crippen molar-refractivity contribution >= 4 is 22.3 Å². The zero-order chi connectivity index (χ0) is 17.5. The Morgan fingerprint density at radius 3 is 2.56 bits per heavy atom. The van der Waals surface area contributed by atoms with Crippen LogP contribution in [0.2, 0.25) is 0 Å². The maximum absolute atomic E-state index is 8.88. The molecule has 0 aliphatic carbocycles. The summed E-state index contributed by atoms with van der Waals surface area (Å²) in [4.78, 5) is 9.55. The molecule has 1 N–H and O–H groups in total. The number of aliphatic imine (C=N–C) groups is 1. The molecule has 0 spiro atoms. The molecule has 2 aromatic rings. The molecule has 2 heterocycles. The van der Waals surface area contributed by atoms with Crippen LogP contribution < -0.4 is 10.2 Å². The fourth-order valence-electron chi connectivity index (χ4n) is 2.87. The third kappa shape index (κ3) is 4.52. The third-order valence-electron chi connectivity index (χ3n) is 4.23. The molecule has 130 valence electrons. The molecule has 3 rings (SSSR count). The largest absolute Gasteiger partial charge is 0.360 e. The predicted molar refractivity (Wildman–Crippen MR) is 104 cm³/mol. The Morgan fingerprint density at radius 2 is 1.96 bits per heavy atom. The van der Waals surface area contributed by atoms with E-state index in [-0.39, 0.29) is 0 Å². The molecule has 0 saturated carbocycles. The van der Waals surface area contributed by atoms with Crippen molar-refractivity contribution < 1.29 is 0 Å². The van der Waals surface area contributed by atoms with Gasteiger partial charge in [0.2, 0.25) is 0 Å². The maximum atomic E-state index is 8.88. The molecule has 1 aromatic carbocycles. The summed E-state index contributed by atoms with van der Waals surface area (Å²) < 4.78 is 0. The molecule has 6 heteroatoms. The second kappa shape index (κ2) is 8.54. The van der Waals surface area contributed by atoms with Gasteiger partial charge < -0.3 is 15.1 Å². The van der Waals surface area contributed by atoms with Crippen LogP contribution >= 0.6 is 11.3 Å². The van der Waals surface area contributed by atoms with Gasteiger partial charge in [0.05, 0.1) is 23.2 Å². The zero-order valence-electron chi connectivity index (χ0n) is 14.5. The van der Waals surface area contributed by atoms with E-state index < -0.39 is 0 Å². The number of piperazine rings is 1. The van der Waals surface area contributed by atoms with Crippen LogP contribution in [0.3, 0.4) is 0 Å². The first kappa shape index (κ1) is 17.3. The van der Waals surface area contributed by atoms with E-state index in [0.29, 0.717) is 12.1 Å². The standard InChI is InChI=1S/C19H23N5S/c1-2-21-19(22-15-17-7-5-16(14-20)6-8-17)24-11-9-23(10-12-24)18-4-3-13-25-18/h3-8,13H,2,9-12,15H2,1H3,(H,21,22). The van der Waals surface area contributed by atoms with Gasteiger partial charge in [-0.1, -0.05) is 12.1 Å². The summed E-state index contributed by atoms with van der Waals surface area (Å²) in [5.41, 5.74) is 1.80. The topological polar surface area (TPSA) is 54.7 Å². The fourth-order valence-corrected chi connectivity index (χ4v) is 3.65.